The summed E-state index contributed by atoms with van der Waals surface area (Å²) >= 11 is 1.66. The highest BCUT2D eigenvalue weighted by atomic mass is 32.1. The first-order chi connectivity index (χ1) is 12.7. The van der Waals surface area contributed by atoms with Gasteiger partial charge in [0, 0.05) is 32.2 Å². The Kier molecular flexibility index (Phi) is 5.15. The van der Waals surface area contributed by atoms with E-state index < -0.39 is 0 Å². The van der Waals surface area contributed by atoms with Crippen LogP contribution >= 0.6 is 11.3 Å². The van der Waals surface area contributed by atoms with Crippen LogP contribution in [0.25, 0.3) is 10.6 Å². The van der Waals surface area contributed by atoms with Gasteiger partial charge in [0.05, 0.1) is 17.6 Å². The van der Waals surface area contributed by atoms with E-state index in [-0.39, 0.29) is 11.9 Å². The Labute approximate surface area is 156 Å². The van der Waals surface area contributed by atoms with Crippen LogP contribution in [-0.4, -0.2) is 41.0 Å². The number of nitrogens with zero attached hydrogens (tertiary/aromatic N) is 3. The second kappa shape index (κ2) is 7.70. The number of halogens is 1. The fraction of sp³-hybridized carbons (Fsp3) is 0.350. The minimum Gasteiger partial charge on any atom is -0.438 e. The largest absolute Gasteiger partial charge is 0.438 e. The number of oxazole rings is 1. The van der Waals surface area contributed by atoms with Crippen molar-refractivity contribution in [1.82, 2.24) is 14.8 Å². The van der Waals surface area contributed by atoms with Crippen LogP contribution in [-0.2, 0) is 6.54 Å². The molecule has 1 fully saturated rings. The fourth-order valence-electron chi connectivity index (χ4n) is 3.39. The third-order valence-corrected chi connectivity index (χ3v) is 5.85. The van der Waals surface area contributed by atoms with Gasteiger partial charge in [-0.3, -0.25) is 9.80 Å². The van der Waals surface area contributed by atoms with Crippen molar-refractivity contribution in [3.8, 4) is 10.6 Å². The highest BCUT2D eigenvalue weighted by Crippen LogP contribution is 2.26. The summed E-state index contributed by atoms with van der Waals surface area (Å²) in [5.41, 5.74) is 1.03. The maximum absolute atomic E-state index is 13.5. The molecule has 1 unspecified atom stereocenters. The maximum atomic E-state index is 13.5. The Balaban J connectivity index is 1.32. The minimum atomic E-state index is -0.168. The molecule has 0 aliphatic carbocycles. The molecular formula is C20H22FN3OS. The van der Waals surface area contributed by atoms with Crippen molar-refractivity contribution in [2.24, 2.45) is 0 Å². The summed E-state index contributed by atoms with van der Waals surface area (Å²) in [5, 5.41) is 2.04. The van der Waals surface area contributed by atoms with Crippen LogP contribution in [0.2, 0.25) is 0 Å². The number of rotatable bonds is 5. The number of hydrogen-bond donors (Lipinski definition) is 0. The molecule has 2 aromatic heterocycles. The zero-order chi connectivity index (χ0) is 17.9. The Bertz CT molecular complexity index is 840. The molecule has 6 heteroatoms. The molecule has 0 radical (unpaired) electrons. The smallest absolute Gasteiger partial charge is 0.209 e. The highest BCUT2D eigenvalue weighted by molar-refractivity contribution is 7.13. The molecule has 0 spiro atoms. The van der Waals surface area contributed by atoms with Gasteiger partial charge in [-0.05, 0) is 36.1 Å². The van der Waals surface area contributed by atoms with Gasteiger partial charge in [0.1, 0.15) is 5.82 Å². The Hall–Kier alpha value is -2.02. The average molecular weight is 371 g/mol. The van der Waals surface area contributed by atoms with E-state index in [0.717, 1.165) is 54.8 Å². The molecule has 1 aliphatic rings. The SMILES string of the molecule is CC(c1cccc(F)c1)N1CCN(Cc2ncc(-c3cccs3)o2)CC1. The third-order valence-electron chi connectivity index (χ3n) is 4.96. The van der Waals surface area contributed by atoms with Crippen LogP contribution in [0.5, 0.6) is 0 Å². The lowest BCUT2D eigenvalue weighted by molar-refractivity contribution is 0.0922. The van der Waals surface area contributed by atoms with Gasteiger partial charge in [0.25, 0.3) is 0 Å². The second-order valence-corrected chi connectivity index (χ2v) is 7.59. The first-order valence-corrected chi connectivity index (χ1v) is 9.77. The Morgan fingerprint density at radius 1 is 1.19 bits per heavy atom. The van der Waals surface area contributed by atoms with Crippen LogP contribution in [0.1, 0.15) is 24.4 Å². The van der Waals surface area contributed by atoms with Crippen molar-refractivity contribution in [2.75, 3.05) is 26.2 Å². The van der Waals surface area contributed by atoms with Gasteiger partial charge < -0.3 is 4.42 Å². The van der Waals surface area contributed by atoms with Gasteiger partial charge in [-0.15, -0.1) is 11.3 Å². The number of aromatic nitrogens is 1. The summed E-state index contributed by atoms with van der Waals surface area (Å²) in [6.45, 7) is 6.69. The quantitative estimate of drug-likeness (QED) is 0.665. The molecule has 1 saturated heterocycles. The van der Waals surface area contributed by atoms with E-state index in [4.69, 9.17) is 4.42 Å². The molecule has 136 valence electrons. The van der Waals surface area contributed by atoms with Crippen LogP contribution < -0.4 is 0 Å². The predicted octanol–water partition coefficient (Wildman–Crippen LogP) is 4.42. The van der Waals surface area contributed by atoms with Gasteiger partial charge in [-0.2, -0.15) is 0 Å². The third kappa shape index (κ3) is 3.87. The molecule has 1 atom stereocenters. The summed E-state index contributed by atoms with van der Waals surface area (Å²) in [5.74, 6) is 1.44. The van der Waals surface area contributed by atoms with E-state index in [9.17, 15) is 4.39 Å². The molecule has 3 aromatic rings. The lowest BCUT2D eigenvalue weighted by atomic mass is 10.1. The van der Waals surface area contributed by atoms with E-state index in [1.165, 1.54) is 6.07 Å². The van der Waals surface area contributed by atoms with Gasteiger partial charge >= 0.3 is 0 Å². The molecule has 0 saturated carbocycles. The summed E-state index contributed by atoms with van der Waals surface area (Å²) in [6.07, 6.45) is 1.81. The molecule has 1 aliphatic heterocycles. The Morgan fingerprint density at radius 3 is 2.77 bits per heavy atom. The van der Waals surface area contributed by atoms with Gasteiger partial charge in [-0.25, -0.2) is 9.37 Å². The summed E-state index contributed by atoms with van der Waals surface area (Å²) < 4.78 is 19.3. The lowest BCUT2D eigenvalue weighted by Crippen LogP contribution is -2.46. The molecule has 4 rings (SSSR count). The number of benzene rings is 1. The number of hydrogen-bond acceptors (Lipinski definition) is 5. The van der Waals surface area contributed by atoms with E-state index >= 15 is 0 Å². The lowest BCUT2D eigenvalue weighted by Gasteiger charge is -2.37. The number of piperazine rings is 1. The fourth-order valence-corrected chi connectivity index (χ4v) is 4.06. The van der Waals surface area contributed by atoms with Crippen molar-refractivity contribution >= 4 is 11.3 Å². The molecule has 0 N–H and O–H groups in total. The molecule has 1 aromatic carbocycles. The molecular weight excluding hydrogens is 349 g/mol. The van der Waals surface area contributed by atoms with E-state index in [2.05, 4.69) is 21.7 Å². The first-order valence-electron chi connectivity index (χ1n) is 8.89. The van der Waals surface area contributed by atoms with Crippen molar-refractivity contribution in [3.05, 3.63) is 65.2 Å². The summed E-state index contributed by atoms with van der Waals surface area (Å²) in [6, 6.07) is 11.2. The summed E-state index contributed by atoms with van der Waals surface area (Å²) in [7, 11) is 0. The zero-order valence-electron chi connectivity index (χ0n) is 14.8. The molecule has 4 nitrogen and oxygen atoms in total. The van der Waals surface area contributed by atoms with E-state index in [1.807, 2.05) is 29.8 Å². The van der Waals surface area contributed by atoms with Crippen LogP contribution in [0.4, 0.5) is 4.39 Å². The molecule has 3 heterocycles. The van der Waals surface area contributed by atoms with Crippen LogP contribution in [0.15, 0.2) is 52.4 Å². The van der Waals surface area contributed by atoms with Crippen molar-refractivity contribution in [2.45, 2.75) is 19.5 Å². The molecule has 0 amide bonds. The standard InChI is InChI=1S/C20H22FN3OS/c1-15(16-4-2-5-17(21)12-16)24-9-7-23(8-10-24)14-20-22-13-18(25-20)19-6-3-11-26-19/h2-6,11-13,15H,7-10,14H2,1H3. The Morgan fingerprint density at radius 2 is 2.04 bits per heavy atom. The van der Waals surface area contributed by atoms with Gasteiger partial charge in [0.2, 0.25) is 5.89 Å². The number of thiophene rings is 1. The topological polar surface area (TPSA) is 32.5 Å². The van der Waals surface area contributed by atoms with Gasteiger partial charge in [-0.1, -0.05) is 18.2 Å². The average Bonchev–Trinajstić information content (AvgIpc) is 3.33. The minimum absolute atomic E-state index is 0.168. The van der Waals surface area contributed by atoms with Crippen molar-refractivity contribution in [3.63, 3.8) is 0 Å². The second-order valence-electron chi connectivity index (χ2n) is 6.64. The monoisotopic (exact) mass is 371 g/mol. The van der Waals surface area contributed by atoms with E-state index in [1.54, 1.807) is 23.5 Å². The van der Waals surface area contributed by atoms with Crippen molar-refractivity contribution < 1.29 is 8.81 Å². The van der Waals surface area contributed by atoms with Crippen molar-refractivity contribution in [1.29, 1.82) is 0 Å². The van der Waals surface area contributed by atoms with E-state index in [0.29, 0.717) is 0 Å². The van der Waals surface area contributed by atoms with Crippen LogP contribution in [0.3, 0.4) is 0 Å². The molecule has 26 heavy (non-hydrogen) atoms. The van der Waals surface area contributed by atoms with Crippen LogP contribution in [0, 0.1) is 5.82 Å². The maximum Gasteiger partial charge on any atom is 0.209 e. The zero-order valence-corrected chi connectivity index (χ0v) is 15.6. The highest BCUT2D eigenvalue weighted by Gasteiger charge is 2.23. The normalized spacial score (nSPS) is 17.5. The summed E-state index contributed by atoms with van der Waals surface area (Å²) in [4.78, 5) is 10.3. The first kappa shape index (κ1) is 17.4. The molecule has 0 bridgehead atoms. The van der Waals surface area contributed by atoms with Gasteiger partial charge in [0.15, 0.2) is 5.76 Å². The predicted molar refractivity (Wildman–Crippen MR) is 101 cm³/mol.